The summed E-state index contributed by atoms with van der Waals surface area (Å²) in [6.07, 6.45) is 0.817. The third-order valence-corrected chi connectivity index (χ3v) is 6.06. The Morgan fingerprint density at radius 2 is 1.58 bits per heavy atom. The zero-order valence-electron chi connectivity index (χ0n) is 22.8. The Labute approximate surface area is 215 Å². The van der Waals surface area contributed by atoms with Crippen molar-refractivity contribution >= 4 is 23.6 Å². The molecule has 0 saturated heterocycles. The average Bonchev–Trinajstić information content (AvgIpc) is 2.81. The number of hydrogen-bond donors (Lipinski definition) is 2. The van der Waals surface area contributed by atoms with E-state index in [9.17, 15) is 14.4 Å². The number of amides is 3. The Morgan fingerprint density at radius 1 is 0.972 bits per heavy atom. The first kappa shape index (κ1) is 28.9. The maximum Gasteiger partial charge on any atom is 0.408 e. The van der Waals surface area contributed by atoms with E-state index in [2.05, 4.69) is 17.6 Å². The third kappa shape index (κ3) is 7.83. The monoisotopic (exact) mass is 495 g/mol. The van der Waals surface area contributed by atoms with E-state index in [0.717, 1.165) is 17.5 Å². The van der Waals surface area contributed by atoms with Crippen molar-refractivity contribution in [1.82, 2.24) is 10.2 Å². The Kier molecular flexibility index (Phi) is 10.1. The van der Waals surface area contributed by atoms with Crippen molar-refractivity contribution in [3.05, 3.63) is 65.2 Å². The maximum absolute atomic E-state index is 13.8. The smallest absolute Gasteiger partial charge is 0.408 e. The van der Waals surface area contributed by atoms with Crippen LogP contribution in [0.4, 0.5) is 10.5 Å². The molecule has 0 fully saturated rings. The number of benzene rings is 2. The lowest BCUT2D eigenvalue weighted by molar-refractivity contribution is -0.143. The Hall–Kier alpha value is -3.35. The van der Waals surface area contributed by atoms with Crippen LogP contribution in [0.5, 0.6) is 0 Å². The van der Waals surface area contributed by atoms with Crippen LogP contribution < -0.4 is 10.6 Å². The molecule has 7 heteroatoms. The van der Waals surface area contributed by atoms with Crippen LogP contribution in [-0.4, -0.2) is 40.5 Å². The van der Waals surface area contributed by atoms with Crippen molar-refractivity contribution in [2.75, 3.05) is 5.32 Å². The van der Waals surface area contributed by atoms with Gasteiger partial charge in [0.25, 0.3) is 5.91 Å². The van der Waals surface area contributed by atoms with Gasteiger partial charge in [-0.3, -0.25) is 9.59 Å². The SMILES string of the molecule is CCc1ccc(C(C(=O)Nc2ccccc2C)N(C(=O)C(C)NC(=O)OC(C)(C)C)C(C)CC)cc1. The van der Waals surface area contributed by atoms with E-state index in [4.69, 9.17) is 4.74 Å². The number of rotatable bonds is 9. The summed E-state index contributed by atoms with van der Waals surface area (Å²) in [6, 6.07) is 13.2. The molecule has 2 aromatic rings. The topological polar surface area (TPSA) is 87.7 Å². The van der Waals surface area contributed by atoms with Gasteiger partial charge in [0.05, 0.1) is 0 Å². The van der Waals surface area contributed by atoms with Gasteiger partial charge in [-0.2, -0.15) is 0 Å². The molecule has 0 aromatic heterocycles. The van der Waals surface area contributed by atoms with Crippen molar-refractivity contribution in [1.29, 1.82) is 0 Å². The highest BCUT2D eigenvalue weighted by Crippen LogP contribution is 2.28. The predicted molar refractivity (Wildman–Crippen MR) is 144 cm³/mol. The minimum Gasteiger partial charge on any atom is -0.444 e. The molecule has 0 bridgehead atoms. The summed E-state index contributed by atoms with van der Waals surface area (Å²) in [5, 5.41) is 5.65. The van der Waals surface area contributed by atoms with Crippen LogP contribution in [0.25, 0.3) is 0 Å². The molecule has 36 heavy (non-hydrogen) atoms. The Balaban J connectivity index is 2.47. The second-order valence-electron chi connectivity index (χ2n) is 10.2. The highest BCUT2D eigenvalue weighted by atomic mass is 16.6. The van der Waals surface area contributed by atoms with Gasteiger partial charge in [0.15, 0.2) is 0 Å². The van der Waals surface area contributed by atoms with Crippen LogP contribution in [0.1, 0.15) is 77.6 Å². The normalized spacial score (nSPS) is 13.8. The lowest BCUT2D eigenvalue weighted by Gasteiger charge is -2.37. The molecule has 3 unspecified atom stereocenters. The lowest BCUT2D eigenvalue weighted by Crippen LogP contribution is -2.53. The minimum absolute atomic E-state index is 0.265. The fourth-order valence-corrected chi connectivity index (χ4v) is 3.85. The van der Waals surface area contributed by atoms with E-state index >= 15 is 0 Å². The highest BCUT2D eigenvalue weighted by Gasteiger charge is 2.37. The first-order chi connectivity index (χ1) is 16.9. The van der Waals surface area contributed by atoms with Gasteiger partial charge in [0.2, 0.25) is 5.91 Å². The van der Waals surface area contributed by atoms with E-state index < -0.39 is 23.8 Å². The molecule has 0 aliphatic rings. The summed E-state index contributed by atoms with van der Waals surface area (Å²) >= 11 is 0. The summed E-state index contributed by atoms with van der Waals surface area (Å²) in [6.45, 7) is 14.8. The Morgan fingerprint density at radius 3 is 2.11 bits per heavy atom. The van der Waals surface area contributed by atoms with Gasteiger partial charge in [-0.1, -0.05) is 56.3 Å². The molecule has 0 aliphatic heterocycles. The van der Waals surface area contributed by atoms with Gasteiger partial charge in [-0.15, -0.1) is 0 Å². The van der Waals surface area contributed by atoms with E-state index in [0.29, 0.717) is 17.7 Å². The maximum atomic E-state index is 13.8. The molecule has 0 radical (unpaired) electrons. The van der Waals surface area contributed by atoms with Crippen molar-refractivity contribution < 1.29 is 19.1 Å². The standard InChI is InChI=1S/C29H41N3O4/c1-9-20(4)32(27(34)21(5)30-28(35)36-29(6,7)8)25(23-17-15-22(10-2)16-18-23)26(33)31-24-14-12-11-13-19(24)3/h11-18,20-21,25H,9-10H2,1-8H3,(H,30,35)(H,31,33). The average molecular weight is 496 g/mol. The molecule has 0 saturated carbocycles. The molecule has 2 N–H and O–H groups in total. The molecular weight excluding hydrogens is 454 g/mol. The molecule has 0 spiro atoms. The van der Waals surface area contributed by atoms with E-state index in [1.54, 1.807) is 32.6 Å². The number of para-hydroxylation sites is 1. The summed E-state index contributed by atoms with van der Waals surface area (Å²) in [5.41, 5.74) is 2.76. The zero-order chi connectivity index (χ0) is 27.0. The molecule has 3 amide bonds. The fourth-order valence-electron chi connectivity index (χ4n) is 3.85. The number of aryl methyl sites for hydroxylation is 2. The Bertz CT molecular complexity index is 1040. The molecular formula is C29H41N3O4. The second kappa shape index (κ2) is 12.6. The van der Waals surface area contributed by atoms with Gasteiger partial charge in [0.1, 0.15) is 17.7 Å². The minimum atomic E-state index is -0.891. The van der Waals surface area contributed by atoms with Crippen LogP contribution in [-0.2, 0) is 20.7 Å². The number of anilines is 1. The van der Waals surface area contributed by atoms with E-state index in [-0.39, 0.29) is 17.9 Å². The zero-order valence-corrected chi connectivity index (χ0v) is 22.8. The van der Waals surface area contributed by atoms with Crippen molar-refractivity contribution in [3.63, 3.8) is 0 Å². The third-order valence-electron chi connectivity index (χ3n) is 6.06. The van der Waals surface area contributed by atoms with Gasteiger partial charge in [0, 0.05) is 11.7 Å². The van der Waals surface area contributed by atoms with E-state index in [1.807, 2.05) is 69.3 Å². The predicted octanol–water partition coefficient (Wildman–Crippen LogP) is 5.78. The number of nitrogens with zero attached hydrogens (tertiary/aromatic N) is 1. The molecule has 7 nitrogen and oxygen atoms in total. The van der Waals surface area contributed by atoms with Gasteiger partial charge in [-0.05, 0) is 77.1 Å². The van der Waals surface area contributed by atoms with Crippen LogP contribution in [0.2, 0.25) is 0 Å². The number of ether oxygens (including phenoxy) is 1. The molecule has 196 valence electrons. The molecule has 0 heterocycles. The van der Waals surface area contributed by atoms with Crippen LogP contribution in [0, 0.1) is 6.92 Å². The highest BCUT2D eigenvalue weighted by molar-refractivity contribution is 5.99. The number of carbonyl (C=O) groups excluding carboxylic acids is 3. The quantitative estimate of drug-likeness (QED) is 0.462. The summed E-state index contributed by atoms with van der Waals surface area (Å²) in [5.74, 6) is -0.675. The largest absolute Gasteiger partial charge is 0.444 e. The van der Waals surface area contributed by atoms with Crippen molar-refractivity contribution in [2.45, 2.75) is 92.0 Å². The molecule has 2 rings (SSSR count). The molecule has 0 aliphatic carbocycles. The van der Waals surface area contributed by atoms with Gasteiger partial charge in [-0.25, -0.2) is 4.79 Å². The van der Waals surface area contributed by atoms with Crippen LogP contribution in [0.3, 0.4) is 0 Å². The van der Waals surface area contributed by atoms with Crippen LogP contribution >= 0.6 is 0 Å². The fraction of sp³-hybridized carbons (Fsp3) is 0.483. The van der Waals surface area contributed by atoms with Gasteiger partial charge >= 0.3 is 6.09 Å². The molecule has 2 aromatic carbocycles. The first-order valence-corrected chi connectivity index (χ1v) is 12.6. The number of nitrogens with one attached hydrogen (secondary N) is 2. The van der Waals surface area contributed by atoms with Crippen molar-refractivity contribution in [2.24, 2.45) is 0 Å². The second-order valence-corrected chi connectivity index (χ2v) is 10.2. The number of hydrogen-bond acceptors (Lipinski definition) is 4. The van der Waals surface area contributed by atoms with Gasteiger partial charge < -0.3 is 20.3 Å². The first-order valence-electron chi connectivity index (χ1n) is 12.6. The number of carbonyl (C=O) groups is 3. The number of alkyl carbamates (subject to hydrolysis) is 1. The lowest BCUT2D eigenvalue weighted by atomic mass is 9.98. The van der Waals surface area contributed by atoms with Crippen molar-refractivity contribution in [3.8, 4) is 0 Å². The van der Waals surface area contributed by atoms with E-state index in [1.165, 1.54) is 0 Å². The summed E-state index contributed by atoms with van der Waals surface area (Å²) in [7, 11) is 0. The summed E-state index contributed by atoms with van der Waals surface area (Å²) in [4.78, 5) is 41.5. The molecule has 3 atom stereocenters. The summed E-state index contributed by atoms with van der Waals surface area (Å²) < 4.78 is 5.34. The van der Waals surface area contributed by atoms with Crippen LogP contribution in [0.15, 0.2) is 48.5 Å².